The lowest BCUT2D eigenvalue weighted by molar-refractivity contribution is 0.0828. The molecule has 0 radical (unpaired) electrons. The minimum Gasteiger partial charge on any atom is -0.451 e. The summed E-state index contributed by atoms with van der Waals surface area (Å²) in [6, 6.07) is 9.74. The van der Waals surface area contributed by atoms with E-state index in [4.69, 9.17) is 4.42 Å². The molecule has 3 aromatic rings. The third kappa shape index (κ3) is 2.76. The molecule has 2 heterocycles. The molecule has 0 saturated carbocycles. The molecular formula is C16H14N4O4. The summed E-state index contributed by atoms with van der Waals surface area (Å²) < 4.78 is 6.54. The van der Waals surface area contributed by atoms with E-state index in [2.05, 4.69) is 16.0 Å². The van der Waals surface area contributed by atoms with Crippen LogP contribution in [0.1, 0.15) is 26.6 Å². The van der Waals surface area contributed by atoms with E-state index in [1.807, 2.05) is 12.1 Å². The maximum Gasteiger partial charge on any atom is 0.305 e. The van der Waals surface area contributed by atoms with E-state index in [-0.39, 0.29) is 17.0 Å². The van der Waals surface area contributed by atoms with E-state index in [1.54, 1.807) is 19.1 Å². The van der Waals surface area contributed by atoms with Crippen LogP contribution >= 0.6 is 0 Å². The van der Waals surface area contributed by atoms with Gasteiger partial charge in [0.2, 0.25) is 0 Å². The number of carbonyl (C=O) groups excluding carboxylic acids is 2. The van der Waals surface area contributed by atoms with Gasteiger partial charge in [0, 0.05) is 24.1 Å². The number of hydrogen-bond acceptors (Lipinski definition) is 5. The van der Waals surface area contributed by atoms with Crippen LogP contribution in [0.4, 0.5) is 0 Å². The molecule has 8 nitrogen and oxygen atoms in total. The van der Waals surface area contributed by atoms with Crippen molar-refractivity contribution >= 4 is 22.8 Å². The number of aryl methyl sites for hydroxylation is 2. The summed E-state index contributed by atoms with van der Waals surface area (Å²) in [6.45, 7) is 1.76. The van der Waals surface area contributed by atoms with Crippen LogP contribution in [0, 0.1) is 6.92 Å². The molecule has 0 aliphatic heterocycles. The standard InChI is InChI=1S/C16H14N4O4/c1-9-10-5-3-4-6-12(10)24-14(9)16(23)18-17-15(22)11-7-8-13(21)20(2)19-11/h3-8H,1-2H3,(H,17,22)(H,18,23). The van der Waals surface area contributed by atoms with Crippen molar-refractivity contribution in [2.75, 3.05) is 0 Å². The molecule has 8 heteroatoms. The van der Waals surface area contributed by atoms with Gasteiger partial charge < -0.3 is 4.42 Å². The lowest BCUT2D eigenvalue weighted by atomic mass is 10.1. The first-order valence-electron chi connectivity index (χ1n) is 7.10. The summed E-state index contributed by atoms with van der Waals surface area (Å²) in [7, 11) is 1.43. The first-order chi connectivity index (χ1) is 11.5. The van der Waals surface area contributed by atoms with E-state index in [1.165, 1.54) is 19.2 Å². The highest BCUT2D eigenvalue weighted by Crippen LogP contribution is 2.24. The summed E-state index contributed by atoms with van der Waals surface area (Å²) in [5, 5.41) is 4.62. The van der Waals surface area contributed by atoms with Crippen LogP contribution in [0.15, 0.2) is 45.6 Å². The van der Waals surface area contributed by atoms with Crippen molar-refractivity contribution in [2.45, 2.75) is 6.92 Å². The number of nitrogens with zero attached hydrogens (tertiary/aromatic N) is 2. The van der Waals surface area contributed by atoms with Gasteiger partial charge in [0.25, 0.3) is 11.5 Å². The number of benzene rings is 1. The largest absolute Gasteiger partial charge is 0.451 e. The minimum absolute atomic E-state index is 0.00118. The monoisotopic (exact) mass is 326 g/mol. The van der Waals surface area contributed by atoms with E-state index in [0.29, 0.717) is 11.1 Å². The van der Waals surface area contributed by atoms with Gasteiger partial charge in [-0.15, -0.1) is 0 Å². The van der Waals surface area contributed by atoms with Crippen LogP contribution in [0.3, 0.4) is 0 Å². The van der Waals surface area contributed by atoms with Gasteiger partial charge in [0.15, 0.2) is 11.5 Å². The first-order valence-corrected chi connectivity index (χ1v) is 7.10. The molecule has 2 N–H and O–H groups in total. The smallest absolute Gasteiger partial charge is 0.305 e. The van der Waals surface area contributed by atoms with Crippen LogP contribution in [0.25, 0.3) is 11.0 Å². The Kier molecular flexibility index (Phi) is 3.87. The van der Waals surface area contributed by atoms with E-state index >= 15 is 0 Å². The number of amides is 2. The fourth-order valence-corrected chi connectivity index (χ4v) is 2.25. The quantitative estimate of drug-likeness (QED) is 0.681. The maximum atomic E-state index is 12.2. The highest BCUT2D eigenvalue weighted by atomic mass is 16.3. The molecule has 0 spiro atoms. The molecule has 0 aliphatic carbocycles. The number of furan rings is 1. The third-order valence-corrected chi connectivity index (χ3v) is 3.53. The Balaban J connectivity index is 1.74. The van der Waals surface area contributed by atoms with E-state index < -0.39 is 11.8 Å². The Morgan fingerprint density at radius 2 is 1.79 bits per heavy atom. The molecule has 0 aliphatic rings. The number of fused-ring (bicyclic) bond motifs is 1. The molecule has 2 amide bonds. The van der Waals surface area contributed by atoms with Crippen molar-refractivity contribution in [3.63, 3.8) is 0 Å². The first kappa shape index (κ1) is 15.5. The van der Waals surface area contributed by atoms with Gasteiger partial charge in [0.05, 0.1) is 0 Å². The molecule has 0 fully saturated rings. The minimum atomic E-state index is -0.646. The number of hydrogen-bond donors (Lipinski definition) is 2. The van der Waals surface area contributed by atoms with Crippen LogP contribution in [0.5, 0.6) is 0 Å². The average molecular weight is 326 g/mol. The van der Waals surface area contributed by atoms with Crippen LogP contribution < -0.4 is 16.4 Å². The van der Waals surface area contributed by atoms with Crippen molar-refractivity contribution in [3.8, 4) is 0 Å². The fourth-order valence-electron chi connectivity index (χ4n) is 2.25. The number of rotatable bonds is 2. The number of para-hydroxylation sites is 1. The summed E-state index contributed by atoms with van der Waals surface area (Å²) in [5.74, 6) is -1.11. The number of aromatic nitrogens is 2. The molecule has 0 unspecified atom stereocenters. The lowest BCUT2D eigenvalue weighted by Crippen LogP contribution is -2.42. The molecule has 2 aromatic heterocycles. The second-order valence-electron chi connectivity index (χ2n) is 5.14. The lowest BCUT2D eigenvalue weighted by Gasteiger charge is -2.06. The van der Waals surface area contributed by atoms with Crippen LogP contribution in [-0.2, 0) is 7.05 Å². The normalized spacial score (nSPS) is 10.6. The molecule has 0 atom stereocenters. The van der Waals surface area contributed by atoms with Gasteiger partial charge >= 0.3 is 5.91 Å². The van der Waals surface area contributed by atoms with Gasteiger partial charge in [-0.3, -0.25) is 25.2 Å². The highest BCUT2D eigenvalue weighted by molar-refractivity contribution is 6.00. The highest BCUT2D eigenvalue weighted by Gasteiger charge is 2.18. The topological polar surface area (TPSA) is 106 Å². The summed E-state index contributed by atoms with van der Waals surface area (Å²) in [6.07, 6.45) is 0. The fraction of sp³-hybridized carbons (Fsp3) is 0.125. The Bertz CT molecular complexity index is 1000. The SMILES string of the molecule is Cc1c(C(=O)NNC(=O)c2ccc(=O)n(C)n2)oc2ccccc12. The van der Waals surface area contributed by atoms with Crippen LogP contribution in [-0.4, -0.2) is 21.6 Å². The van der Waals surface area contributed by atoms with Gasteiger partial charge in [-0.25, -0.2) is 4.68 Å². The predicted octanol–water partition coefficient (Wildman–Crippen LogP) is 0.910. The number of hydrazine groups is 1. The Hall–Kier alpha value is -3.42. The zero-order valence-corrected chi connectivity index (χ0v) is 13.0. The predicted molar refractivity (Wildman–Crippen MR) is 85.4 cm³/mol. The number of carbonyl (C=O) groups is 2. The summed E-state index contributed by atoms with van der Waals surface area (Å²) in [4.78, 5) is 35.4. The number of nitrogens with one attached hydrogen (secondary N) is 2. The van der Waals surface area contributed by atoms with Gasteiger partial charge in [-0.2, -0.15) is 5.10 Å². The van der Waals surface area contributed by atoms with Crippen molar-refractivity contribution in [2.24, 2.45) is 7.05 Å². The van der Waals surface area contributed by atoms with Gasteiger partial charge in [-0.1, -0.05) is 18.2 Å². The van der Waals surface area contributed by atoms with Crippen molar-refractivity contribution in [3.05, 3.63) is 63.8 Å². The second kappa shape index (κ2) is 5.99. The molecule has 24 heavy (non-hydrogen) atoms. The van der Waals surface area contributed by atoms with Crippen molar-refractivity contribution in [1.29, 1.82) is 0 Å². The average Bonchev–Trinajstić information content (AvgIpc) is 2.92. The molecule has 122 valence electrons. The summed E-state index contributed by atoms with van der Waals surface area (Å²) in [5.41, 5.74) is 5.44. The van der Waals surface area contributed by atoms with Crippen molar-refractivity contribution < 1.29 is 14.0 Å². The van der Waals surface area contributed by atoms with Crippen molar-refractivity contribution in [1.82, 2.24) is 20.6 Å². The Morgan fingerprint density at radius 1 is 1.08 bits per heavy atom. The Morgan fingerprint density at radius 3 is 2.50 bits per heavy atom. The van der Waals surface area contributed by atoms with E-state index in [9.17, 15) is 14.4 Å². The zero-order valence-electron chi connectivity index (χ0n) is 13.0. The third-order valence-electron chi connectivity index (χ3n) is 3.53. The second-order valence-corrected chi connectivity index (χ2v) is 5.14. The zero-order chi connectivity index (χ0) is 17.3. The molecule has 1 aromatic carbocycles. The molecular weight excluding hydrogens is 312 g/mol. The van der Waals surface area contributed by atoms with E-state index in [0.717, 1.165) is 10.1 Å². The Labute approximate surface area is 136 Å². The molecule has 0 bridgehead atoms. The molecule has 3 rings (SSSR count). The van der Waals surface area contributed by atoms with Crippen LogP contribution in [0.2, 0.25) is 0 Å². The molecule has 0 saturated heterocycles. The summed E-state index contributed by atoms with van der Waals surface area (Å²) >= 11 is 0. The van der Waals surface area contributed by atoms with Gasteiger partial charge in [0.1, 0.15) is 5.58 Å². The van der Waals surface area contributed by atoms with Gasteiger partial charge in [-0.05, 0) is 19.1 Å². The maximum absolute atomic E-state index is 12.2.